The molecule has 0 aromatic heterocycles. The number of benzene rings is 1. The van der Waals surface area contributed by atoms with Crippen LogP contribution in [0.4, 0.5) is 5.69 Å². The van der Waals surface area contributed by atoms with Gasteiger partial charge < -0.3 is 15.0 Å². The molecule has 0 bridgehead atoms. The average Bonchev–Trinajstić information content (AvgIpc) is 2.45. The molecule has 0 aliphatic rings. The number of hydrogen-bond donors (Lipinski definition) is 1. The maximum Gasteiger partial charge on any atom is 0.239 e. The summed E-state index contributed by atoms with van der Waals surface area (Å²) in [4.78, 5) is 14.1. The van der Waals surface area contributed by atoms with Gasteiger partial charge in [-0.05, 0) is 39.2 Å². The van der Waals surface area contributed by atoms with E-state index in [1.54, 1.807) is 24.3 Å². The van der Waals surface area contributed by atoms with Gasteiger partial charge in [-0.25, -0.2) is 8.42 Å². The van der Waals surface area contributed by atoms with E-state index in [1.807, 2.05) is 19.0 Å². The number of anilines is 1. The Morgan fingerprint density at radius 1 is 1.22 bits per heavy atom. The zero-order valence-electron chi connectivity index (χ0n) is 14.1. The smallest absolute Gasteiger partial charge is 0.239 e. The molecule has 0 radical (unpaired) electrons. The number of rotatable bonds is 9. The van der Waals surface area contributed by atoms with E-state index in [9.17, 15) is 13.2 Å². The van der Waals surface area contributed by atoms with Gasteiger partial charge in [-0.15, -0.1) is 0 Å². The molecule has 0 aliphatic heterocycles. The van der Waals surface area contributed by atoms with Crippen LogP contribution in [0.3, 0.4) is 0 Å². The highest BCUT2D eigenvalue weighted by molar-refractivity contribution is 7.88. The molecule has 1 rings (SSSR count). The minimum atomic E-state index is -3.44. The van der Waals surface area contributed by atoms with Crippen LogP contribution in [-0.4, -0.2) is 70.6 Å². The topological polar surface area (TPSA) is 79.0 Å². The molecule has 130 valence electrons. The van der Waals surface area contributed by atoms with Gasteiger partial charge in [-0.2, -0.15) is 4.31 Å². The Morgan fingerprint density at radius 3 is 2.43 bits per heavy atom. The normalized spacial score (nSPS) is 11.7. The number of carbonyl (C=O) groups excluding carboxylic acids is 1. The van der Waals surface area contributed by atoms with Gasteiger partial charge in [0.1, 0.15) is 5.75 Å². The molecule has 0 saturated carbocycles. The molecule has 0 heterocycles. The van der Waals surface area contributed by atoms with E-state index >= 15 is 0 Å². The van der Waals surface area contributed by atoms with Crippen LogP contribution in [0, 0.1) is 0 Å². The first-order chi connectivity index (χ1) is 10.7. The highest BCUT2D eigenvalue weighted by atomic mass is 32.2. The van der Waals surface area contributed by atoms with E-state index in [1.165, 1.54) is 11.4 Å². The van der Waals surface area contributed by atoms with Crippen LogP contribution in [0.25, 0.3) is 0 Å². The van der Waals surface area contributed by atoms with Gasteiger partial charge >= 0.3 is 0 Å². The SMILES string of the molecule is COc1ccccc1NC(=O)CN(CCCN(C)C)S(C)(=O)=O. The average molecular weight is 343 g/mol. The summed E-state index contributed by atoms with van der Waals surface area (Å²) in [5.74, 6) is 0.129. The van der Waals surface area contributed by atoms with Crippen molar-refractivity contribution in [2.45, 2.75) is 6.42 Å². The fourth-order valence-electron chi connectivity index (χ4n) is 2.02. The summed E-state index contributed by atoms with van der Waals surface area (Å²) in [6.07, 6.45) is 1.76. The Labute approximate surface area is 138 Å². The van der Waals surface area contributed by atoms with Crippen molar-refractivity contribution in [3.63, 3.8) is 0 Å². The highest BCUT2D eigenvalue weighted by Gasteiger charge is 2.20. The summed E-state index contributed by atoms with van der Waals surface area (Å²) in [7, 11) is 1.90. The van der Waals surface area contributed by atoms with E-state index in [0.717, 1.165) is 12.8 Å². The van der Waals surface area contributed by atoms with Gasteiger partial charge in [-0.3, -0.25) is 4.79 Å². The van der Waals surface area contributed by atoms with Crippen molar-refractivity contribution < 1.29 is 17.9 Å². The third-order valence-corrected chi connectivity index (χ3v) is 4.43. The zero-order valence-corrected chi connectivity index (χ0v) is 14.9. The summed E-state index contributed by atoms with van der Waals surface area (Å²) in [5, 5.41) is 2.68. The second kappa shape index (κ2) is 8.85. The summed E-state index contributed by atoms with van der Waals surface area (Å²) in [6.45, 7) is 0.834. The monoisotopic (exact) mass is 343 g/mol. The molecule has 1 N–H and O–H groups in total. The lowest BCUT2D eigenvalue weighted by Crippen LogP contribution is -2.38. The molecule has 0 atom stereocenters. The molecule has 7 nitrogen and oxygen atoms in total. The number of ether oxygens (including phenoxy) is 1. The molecule has 1 aromatic carbocycles. The largest absolute Gasteiger partial charge is 0.495 e. The van der Waals surface area contributed by atoms with Gasteiger partial charge in [0.05, 0.1) is 25.6 Å². The number of sulfonamides is 1. The quantitative estimate of drug-likeness (QED) is 0.719. The summed E-state index contributed by atoms with van der Waals surface area (Å²) < 4.78 is 30.0. The van der Waals surface area contributed by atoms with E-state index in [2.05, 4.69) is 5.32 Å². The minimum absolute atomic E-state index is 0.218. The summed E-state index contributed by atoms with van der Waals surface area (Å²) >= 11 is 0. The summed E-state index contributed by atoms with van der Waals surface area (Å²) in [6, 6.07) is 6.98. The van der Waals surface area contributed by atoms with Crippen molar-refractivity contribution in [3.8, 4) is 5.75 Å². The summed E-state index contributed by atoms with van der Waals surface area (Å²) in [5.41, 5.74) is 0.516. The number of carbonyl (C=O) groups is 1. The number of amides is 1. The Hall–Kier alpha value is -1.64. The van der Waals surface area contributed by atoms with Crippen molar-refractivity contribution in [2.75, 3.05) is 52.4 Å². The third kappa shape index (κ3) is 6.98. The van der Waals surface area contributed by atoms with E-state index < -0.39 is 15.9 Å². The van der Waals surface area contributed by atoms with Crippen molar-refractivity contribution >= 4 is 21.6 Å². The Morgan fingerprint density at radius 2 is 1.87 bits per heavy atom. The van der Waals surface area contributed by atoms with Crippen molar-refractivity contribution in [1.82, 2.24) is 9.21 Å². The highest BCUT2D eigenvalue weighted by Crippen LogP contribution is 2.22. The molecule has 1 amide bonds. The van der Waals surface area contributed by atoms with Gasteiger partial charge in [0, 0.05) is 6.54 Å². The lowest BCUT2D eigenvalue weighted by Gasteiger charge is -2.20. The van der Waals surface area contributed by atoms with Gasteiger partial charge in [0.25, 0.3) is 0 Å². The fraction of sp³-hybridized carbons (Fsp3) is 0.533. The van der Waals surface area contributed by atoms with Crippen LogP contribution in [0.5, 0.6) is 5.75 Å². The van der Waals surface area contributed by atoms with Crippen molar-refractivity contribution in [3.05, 3.63) is 24.3 Å². The predicted molar refractivity (Wildman–Crippen MR) is 91.2 cm³/mol. The van der Waals surface area contributed by atoms with Gasteiger partial charge in [0.15, 0.2) is 0 Å². The molecule has 23 heavy (non-hydrogen) atoms. The van der Waals surface area contributed by atoms with Crippen LogP contribution >= 0.6 is 0 Å². The number of methoxy groups -OCH3 is 1. The van der Waals surface area contributed by atoms with Crippen LogP contribution in [-0.2, 0) is 14.8 Å². The Bertz CT molecular complexity index is 617. The molecule has 0 spiro atoms. The number of nitrogens with zero attached hydrogens (tertiary/aromatic N) is 2. The lowest BCUT2D eigenvalue weighted by atomic mass is 10.3. The molecule has 0 saturated heterocycles. The minimum Gasteiger partial charge on any atom is -0.495 e. The molecule has 0 aliphatic carbocycles. The van der Waals surface area contributed by atoms with Crippen molar-refractivity contribution in [1.29, 1.82) is 0 Å². The Balaban J connectivity index is 2.70. The second-order valence-electron chi connectivity index (χ2n) is 5.50. The fourth-order valence-corrected chi connectivity index (χ4v) is 2.84. The molecular formula is C15H25N3O4S. The van der Waals surface area contributed by atoms with Gasteiger partial charge in [-0.1, -0.05) is 12.1 Å². The van der Waals surface area contributed by atoms with Gasteiger partial charge in [0.2, 0.25) is 15.9 Å². The maximum atomic E-state index is 12.2. The van der Waals surface area contributed by atoms with Crippen LogP contribution in [0.1, 0.15) is 6.42 Å². The first-order valence-corrected chi connectivity index (χ1v) is 9.11. The van der Waals surface area contributed by atoms with E-state index in [0.29, 0.717) is 24.4 Å². The molecular weight excluding hydrogens is 318 g/mol. The molecule has 1 aromatic rings. The maximum absolute atomic E-state index is 12.2. The third-order valence-electron chi connectivity index (χ3n) is 3.18. The standard InChI is InChI=1S/C15H25N3O4S/c1-17(2)10-7-11-18(23(4,20)21)12-15(19)16-13-8-5-6-9-14(13)22-3/h5-6,8-9H,7,10-12H2,1-4H3,(H,16,19). The second-order valence-corrected chi connectivity index (χ2v) is 7.48. The Kier molecular flexibility index (Phi) is 7.47. The molecule has 0 fully saturated rings. The first kappa shape index (κ1) is 19.4. The first-order valence-electron chi connectivity index (χ1n) is 7.26. The number of para-hydroxylation sites is 2. The van der Waals surface area contributed by atoms with Crippen LogP contribution in [0.15, 0.2) is 24.3 Å². The lowest BCUT2D eigenvalue weighted by molar-refractivity contribution is -0.116. The van der Waals surface area contributed by atoms with E-state index in [-0.39, 0.29) is 6.54 Å². The number of hydrogen-bond acceptors (Lipinski definition) is 5. The predicted octanol–water partition coefficient (Wildman–Crippen LogP) is 0.847. The van der Waals surface area contributed by atoms with Crippen molar-refractivity contribution in [2.24, 2.45) is 0 Å². The van der Waals surface area contributed by atoms with E-state index in [4.69, 9.17) is 4.74 Å². The molecule has 0 unspecified atom stereocenters. The van der Waals surface area contributed by atoms with Crippen LogP contribution < -0.4 is 10.1 Å². The van der Waals surface area contributed by atoms with Crippen LogP contribution in [0.2, 0.25) is 0 Å². The molecule has 8 heteroatoms. The number of nitrogens with one attached hydrogen (secondary N) is 1. The zero-order chi connectivity index (χ0) is 17.5.